The fraction of sp³-hybridized carbons (Fsp3) is 0.429. The molecule has 0 radical (unpaired) electrons. The predicted octanol–water partition coefficient (Wildman–Crippen LogP) is 4.18. The number of amides is 1. The highest BCUT2D eigenvalue weighted by atomic mass is 16.6. The van der Waals surface area contributed by atoms with Crippen molar-refractivity contribution in [3.05, 3.63) is 48.0 Å². The van der Waals surface area contributed by atoms with Crippen molar-refractivity contribution in [3.63, 3.8) is 0 Å². The summed E-state index contributed by atoms with van der Waals surface area (Å²) in [7, 11) is 2.89. The maximum absolute atomic E-state index is 12.3. The summed E-state index contributed by atoms with van der Waals surface area (Å²) in [6, 6.07) is 13.7. The first-order chi connectivity index (χ1) is 12.2. The molecular formula is C21H27NO4. The third-order valence-corrected chi connectivity index (χ3v) is 4.14. The van der Waals surface area contributed by atoms with Crippen LogP contribution in [0.3, 0.4) is 0 Å². The number of carbonyl (C=O) groups is 2. The Balaban J connectivity index is 2.11. The third-order valence-electron chi connectivity index (χ3n) is 4.14. The van der Waals surface area contributed by atoms with Crippen molar-refractivity contribution in [2.45, 2.75) is 45.3 Å². The first-order valence-electron chi connectivity index (χ1n) is 8.72. The van der Waals surface area contributed by atoms with Crippen molar-refractivity contribution in [2.24, 2.45) is 0 Å². The van der Waals surface area contributed by atoms with Crippen LogP contribution in [0.4, 0.5) is 4.79 Å². The molecule has 1 atom stereocenters. The van der Waals surface area contributed by atoms with E-state index < -0.39 is 23.7 Å². The summed E-state index contributed by atoms with van der Waals surface area (Å²) in [6.07, 6.45) is 0.574. The van der Waals surface area contributed by atoms with E-state index >= 15 is 0 Å². The minimum Gasteiger partial charge on any atom is -0.467 e. The number of hydrogen-bond acceptors (Lipinski definition) is 4. The van der Waals surface area contributed by atoms with Gasteiger partial charge in [0.05, 0.1) is 7.11 Å². The maximum atomic E-state index is 12.3. The van der Waals surface area contributed by atoms with E-state index in [0.717, 1.165) is 10.9 Å². The molecule has 140 valence electrons. The lowest BCUT2D eigenvalue weighted by Crippen LogP contribution is -2.45. The van der Waals surface area contributed by atoms with Gasteiger partial charge in [0, 0.05) is 7.05 Å². The van der Waals surface area contributed by atoms with Crippen LogP contribution < -0.4 is 0 Å². The maximum Gasteiger partial charge on any atom is 0.410 e. The van der Waals surface area contributed by atoms with Gasteiger partial charge in [0.25, 0.3) is 0 Å². The first-order valence-corrected chi connectivity index (χ1v) is 8.72. The van der Waals surface area contributed by atoms with E-state index in [2.05, 4.69) is 24.3 Å². The average molecular weight is 357 g/mol. The number of aryl methyl sites for hydroxylation is 1. The zero-order chi connectivity index (χ0) is 19.3. The Bertz CT molecular complexity index is 779. The number of nitrogens with zero attached hydrogens (tertiary/aromatic N) is 1. The number of benzene rings is 2. The van der Waals surface area contributed by atoms with E-state index in [-0.39, 0.29) is 0 Å². The number of rotatable bonds is 5. The number of fused-ring (bicyclic) bond motifs is 1. The summed E-state index contributed by atoms with van der Waals surface area (Å²) in [5, 5.41) is 2.33. The quantitative estimate of drug-likeness (QED) is 0.753. The van der Waals surface area contributed by atoms with E-state index in [1.165, 1.54) is 17.4 Å². The van der Waals surface area contributed by atoms with E-state index in [0.29, 0.717) is 12.8 Å². The third kappa shape index (κ3) is 5.22. The number of esters is 1. The molecule has 0 unspecified atom stereocenters. The minimum atomic E-state index is -0.693. The van der Waals surface area contributed by atoms with Gasteiger partial charge in [0.1, 0.15) is 11.6 Å². The summed E-state index contributed by atoms with van der Waals surface area (Å²) < 4.78 is 10.2. The Kier molecular flexibility index (Phi) is 6.24. The van der Waals surface area contributed by atoms with Crippen LogP contribution in [0.2, 0.25) is 0 Å². The molecule has 0 N–H and O–H groups in total. The summed E-state index contributed by atoms with van der Waals surface area (Å²) in [5.41, 5.74) is 0.486. The highest BCUT2D eigenvalue weighted by Crippen LogP contribution is 2.19. The van der Waals surface area contributed by atoms with Gasteiger partial charge in [0.15, 0.2) is 0 Å². The van der Waals surface area contributed by atoms with Crippen molar-refractivity contribution in [2.75, 3.05) is 14.2 Å². The summed E-state index contributed by atoms with van der Waals surface area (Å²) in [5.74, 6) is -0.445. The number of methoxy groups -OCH3 is 1. The Morgan fingerprint density at radius 1 is 1.08 bits per heavy atom. The van der Waals surface area contributed by atoms with Crippen LogP contribution in [0.1, 0.15) is 32.8 Å². The molecule has 0 saturated heterocycles. The Morgan fingerprint density at radius 3 is 2.35 bits per heavy atom. The molecule has 0 bridgehead atoms. The van der Waals surface area contributed by atoms with Gasteiger partial charge in [-0.3, -0.25) is 4.90 Å². The average Bonchev–Trinajstić information content (AvgIpc) is 2.59. The van der Waals surface area contributed by atoms with Gasteiger partial charge in [0.2, 0.25) is 0 Å². The van der Waals surface area contributed by atoms with Crippen LogP contribution in [-0.2, 0) is 20.7 Å². The zero-order valence-electron chi connectivity index (χ0n) is 16.1. The number of likely N-dealkylation sites (N-methyl/N-ethyl adjacent to an activating group) is 1. The Hall–Kier alpha value is -2.56. The Morgan fingerprint density at radius 2 is 1.73 bits per heavy atom. The van der Waals surface area contributed by atoms with Crippen LogP contribution in [0.5, 0.6) is 0 Å². The van der Waals surface area contributed by atoms with Crippen molar-refractivity contribution in [3.8, 4) is 0 Å². The second kappa shape index (κ2) is 8.21. The van der Waals surface area contributed by atoms with Crippen LogP contribution in [0, 0.1) is 0 Å². The van der Waals surface area contributed by atoms with Gasteiger partial charge in [-0.15, -0.1) is 0 Å². The largest absolute Gasteiger partial charge is 0.467 e. The molecule has 0 aliphatic carbocycles. The molecule has 0 fully saturated rings. The lowest BCUT2D eigenvalue weighted by atomic mass is 10.0. The van der Waals surface area contributed by atoms with E-state index in [1.807, 2.05) is 18.2 Å². The van der Waals surface area contributed by atoms with Gasteiger partial charge >= 0.3 is 12.1 Å². The predicted molar refractivity (Wildman–Crippen MR) is 102 cm³/mol. The molecular weight excluding hydrogens is 330 g/mol. The molecule has 5 heteroatoms. The number of carbonyl (C=O) groups excluding carboxylic acids is 2. The highest BCUT2D eigenvalue weighted by molar-refractivity contribution is 5.83. The standard InChI is InChI=1S/C21H27NO4/c1-21(2,3)26-20(24)22(4)18(19(23)25-5)13-11-15-10-12-16-8-6-7-9-17(16)14-15/h6-10,12,14,18H,11,13H2,1-5H3/t18-/m1/s1. The van der Waals surface area contributed by atoms with Crippen LogP contribution in [0.25, 0.3) is 10.8 Å². The molecule has 26 heavy (non-hydrogen) atoms. The summed E-state index contributed by atoms with van der Waals surface area (Å²) >= 11 is 0. The fourth-order valence-corrected chi connectivity index (χ4v) is 2.76. The van der Waals surface area contributed by atoms with Gasteiger partial charge in [-0.2, -0.15) is 0 Å². The van der Waals surface area contributed by atoms with Crippen molar-refractivity contribution < 1.29 is 19.1 Å². The molecule has 0 saturated carbocycles. The first kappa shape index (κ1) is 19.8. The molecule has 0 heterocycles. The molecule has 2 aromatic rings. The van der Waals surface area contributed by atoms with Crippen molar-refractivity contribution in [1.29, 1.82) is 0 Å². The molecule has 0 spiro atoms. The Labute approximate surface area is 154 Å². The molecule has 1 amide bonds. The topological polar surface area (TPSA) is 55.8 Å². The van der Waals surface area contributed by atoms with E-state index in [4.69, 9.17) is 9.47 Å². The number of ether oxygens (including phenoxy) is 2. The second-order valence-corrected chi connectivity index (χ2v) is 7.35. The smallest absolute Gasteiger partial charge is 0.410 e. The fourth-order valence-electron chi connectivity index (χ4n) is 2.76. The molecule has 0 aliphatic rings. The SMILES string of the molecule is COC(=O)[C@@H](CCc1ccc2ccccc2c1)N(C)C(=O)OC(C)(C)C. The van der Waals surface area contributed by atoms with Gasteiger partial charge < -0.3 is 9.47 Å². The van der Waals surface area contributed by atoms with Gasteiger partial charge in [-0.1, -0.05) is 42.5 Å². The summed E-state index contributed by atoms with van der Waals surface area (Å²) in [6.45, 7) is 5.38. The molecule has 0 aromatic heterocycles. The van der Waals surface area contributed by atoms with Crippen LogP contribution in [0.15, 0.2) is 42.5 Å². The van der Waals surface area contributed by atoms with Crippen molar-refractivity contribution in [1.82, 2.24) is 4.90 Å². The summed E-state index contributed by atoms with van der Waals surface area (Å²) in [4.78, 5) is 25.8. The molecule has 2 rings (SSSR count). The lowest BCUT2D eigenvalue weighted by Gasteiger charge is -2.29. The molecule has 0 aliphatic heterocycles. The van der Waals surface area contributed by atoms with Crippen molar-refractivity contribution >= 4 is 22.8 Å². The van der Waals surface area contributed by atoms with Gasteiger partial charge in [-0.25, -0.2) is 9.59 Å². The van der Waals surface area contributed by atoms with Crippen LogP contribution in [-0.4, -0.2) is 42.8 Å². The molecule has 5 nitrogen and oxygen atoms in total. The van der Waals surface area contributed by atoms with Crippen LogP contribution >= 0.6 is 0 Å². The normalized spacial score (nSPS) is 12.5. The lowest BCUT2D eigenvalue weighted by molar-refractivity contribution is -0.146. The molecule has 2 aromatic carbocycles. The van der Waals surface area contributed by atoms with E-state index in [9.17, 15) is 9.59 Å². The van der Waals surface area contributed by atoms with E-state index in [1.54, 1.807) is 27.8 Å². The van der Waals surface area contributed by atoms with Gasteiger partial charge in [-0.05, 0) is 49.9 Å². The second-order valence-electron chi connectivity index (χ2n) is 7.35. The monoisotopic (exact) mass is 357 g/mol. The minimum absolute atomic E-state index is 0.445. The highest BCUT2D eigenvalue weighted by Gasteiger charge is 2.30. The number of hydrogen-bond donors (Lipinski definition) is 0. The zero-order valence-corrected chi connectivity index (χ0v) is 16.1.